The van der Waals surface area contributed by atoms with Gasteiger partial charge in [0.25, 0.3) is 0 Å². The number of Topliss-reactive ketones (excluding diaryl/α,β-unsaturated/α-hetero) is 1. The average Bonchev–Trinajstić information content (AvgIpc) is 3.34. The molecule has 1 N–H and O–H groups in total. The first-order chi connectivity index (χ1) is 15.7. The van der Waals surface area contributed by atoms with Crippen LogP contribution in [0.15, 0.2) is 18.6 Å². The predicted octanol–water partition coefficient (Wildman–Crippen LogP) is 4.81. The van der Waals surface area contributed by atoms with E-state index in [9.17, 15) is 9.90 Å². The lowest BCUT2D eigenvalue weighted by molar-refractivity contribution is -0.151. The van der Waals surface area contributed by atoms with Crippen LogP contribution in [-0.4, -0.2) is 36.2 Å². The van der Waals surface area contributed by atoms with Crippen molar-refractivity contribution in [3.8, 4) is 0 Å². The Morgan fingerprint density at radius 2 is 1.79 bits per heavy atom. The van der Waals surface area contributed by atoms with Crippen LogP contribution in [0.4, 0.5) is 0 Å². The largest absolute Gasteiger partial charge is 0.390 e. The van der Waals surface area contributed by atoms with Crippen LogP contribution in [-0.2, 0) is 11.3 Å². The lowest BCUT2D eigenvalue weighted by atomic mass is 9.44. The molecule has 0 amide bonds. The summed E-state index contributed by atoms with van der Waals surface area (Å²) in [6, 6.07) is 0. The highest BCUT2D eigenvalue weighted by molar-refractivity contribution is 5.82. The van der Waals surface area contributed by atoms with Gasteiger partial charge in [-0.25, -0.2) is 9.97 Å². The van der Waals surface area contributed by atoms with Crippen molar-refractivity contribution in [3.63, 3.8) is 0 Å². The fourth-order valence-electron chi connectivity index (χ4n) is 9.11. The molecule has 0 aliphatic heterocycles. The highest BCUT2D eigenvalue weighted by Crippen LogP contribution is 2.68. The SMILES string of the molecule is CC12CC[C@@](C)(O)CC1CCC1C2CCC2(C)C(C(=O)Cn3cc4nccnc4n3)CCC12. The van der Waals surface area contributed by atoms with Gasteiger partial charge in [0.1, 0.15) is 5.52 Å². The standard InChI is InChI=1S/C27H38N4O2/c1-25(33)10-11-26(2)17(14-25)4-5-18-19-6-7-21(27(19,3)9-8-20(18)26)23(32)16-31-15-22-24(30-31)29-13-12-28-22/h12-13,15,17-21,33H,4-11,14,16H2,1-3H3/t17?,18?,19?,20?,21?,25-,26?,27?/m1/s1. The normalized spacial score (nSPS) is 44.8. The van der Waals surface area contributed by atoms with E-state index in [2.05, 4.69) is 28.9 Å². The van der Waals surface area contributed by atoms with Gasteiger partial charge in [0.05, 0.1) is 18.3 Å². The Balaban J connectivity index is 1.21. The molecule has 2 aromatic rings. The fraction of sp³-hybridized carbons (Fsp3) is 0.778. The molecule has 6 heteroatoms. The van der Waals surface area contributed by atoms with Gasteiger partial charge in [0, 0.05) is 18.3 Å². The van der Waals surface area contributed by atoms with E-state index < -0.39 is 5.60 Å². The summed E-state index contributed by atoms with van der Waals surface area (Å²) in [5, 5.41) is 15.2. The van der Waals surface area contributed by atoms with Crippen molar-refractivity contribution in [2.75, 3.05) is 0 Å². The van der Waals surface area contributed by atoms with Crippen molar-refractivity contribution in [3.05, 3.63) is 18.6 Å². The van der Waals surface area contributed by atoms with E-state index in [-0.39, 0.29) is 11.3 Å². The van der Waals surface area contributed by atoms with E-state index in [0.717, 1.165) is 49.5 Å². The number of nitrogens with zero attached hydrogens (tertiary/aromatic N) is 4. The summed E-state index contributed by atoms with van der Waals surface area (Å²) in [7, 11) is 0. The molecule has 2 aromatic heterocycles. The molecule has 4 fully saturated rings. The maximum atomic E-state index is 13.5. The number of aromatic nitrogens is 4. The minimum Gasteiger partial charge on any atom is -0.390 e. The van der Waals surface area contributed by atoms with Crippen LogP contribution in [0.5, 0.6) is 0 Å². The summed E-state index contributed by atoms with van der Waals surface area (Å²) < 4.78 is 1.75. The quantitative estimate of drug-likeness (QED) is 0.726. The fourth-order valence-corrected chi connectivity index (χ4v) is 9.11. The topological polar surface area (TPSA) is 80.9 Å². The van der Waals surface area contributed by atoms with E-state index in [0.29, 0.717) is 35.2 Å². The molecule has 0 saturated heterocycles. The molecule has 6 nitrogen and oxygen atoms in total. The molecule has 0 bridgehead atoms. The van der Waals surface area contributed by atoms with Crippen molar-refractivity contribution >= 4 is 16.9 Å². The maximum absolute atomic E-state index is 13.5. The van der Waals surface area contributed by atoms with Crippen molar-refractivity contribution in [2.45, 2.75) is 90.7 Å². The van der Waals surface area contributed by atoms with Crippen LogP contribution in [0.2, 0.25) is 0 Å². The Kier molecular flexibility index (Phi) is 4.82. The molecule has 0 radical (unpaired) electrons. The van der Waals surface area contributed by atoms with E-state index in [1.54, 1.807) is 17.1 Å². The first kappa shape index (κ1) is 21.7. The Morgan fingerprint density at radius 1 is 1.00 bits per heavy atom. The van der Waals surface area contributed by atoms with Gasteiger partial charge in [0.15, 0.2) is 11.4 Å². The first-order valence-corrected chi connectivity index (χ1v) is 13.1. The van der Waals surface area contributed by atoms with Crippen LogP contribution in [0, 0.1) is 40.4 Å². The molecule has 4 aliphatic rings. The zero-order valence-electron chi connectivity index (χ0n) is 20.3. The molecule has 8 atom stereocenters. The van der Waals surface area contributed by atoms with Gasteiger partial charge in [-0.05, 0) is 99.2 Å². The molecule has 178 valence electrons. The van der Waals surface area contributed by atoms with E-state index >= 15 is 0 Å². The molecule has 0 aromatic carbocycles. The first-order valence-electron chi connectivity index (χ1n) is 13.1. The minimum atomic E-state index is -0.479. The monoisotopic (exact) mass is 450 g/mol. The number of carbonyl (C=O) groups is 1. The number of aliphatic hydroxyl groups is 1. The van der Waals surface area contributed by atoms with E-state index in [1.807, 2.05) is 13.1 Å². The molecule has 0 spiro atoms. The van der Waals surface area contributed by atoms with E-state index in [1.165, 1.54) is 25.7 Å². The zero-order chi connectivity index (χ0) is 23.0. The smallest absolute Gasteiger partial charge is 0.199 e. The summed E-state index contributed by atoms with van der Waals surface area (Å²) in [6.07, 6.45) is 15.4. The van der Waals surface area contributed by atoms with Crippen molar-refractivity contribution < 1.29 is 9.90 Å². The molecular weight excluding hydrogens is 412 g/mol. The molecule has 2 heterocycles. The number of rotatable bonds is 3. The molecule has 7 unspecified atom stereocenters. The van der Waals surface area contributed by atoms with Gasteiger partial charge in [-0.1, -0.05) is 13.8 Å². The minimum absolute atomic E-state index is 0.116. The second-order valence-electron chi connectivity index (χ2n) is 12.6. The average molecular weight is 451 g/mol. The summed E-state index contributed by atoms with van der Waals surface area (Å²) >= 11 is 0. The summed E-state index contributed by atoms with van der Waals surface area (Å²) in [5.74, 6) is 3.28. The number of hydrogen-bond acceptors (Lipinski definition) is 5. The molecule has 4 aliphatic carbocycles. The Hall–Kier alpha value is -1.82. The lowest BCUT2D eigenvalue weighted by Crippen LogP contribution is -2.55. The van der Waals surface area contributed by atoms with Gasteiger partial charge in [-0.3, -0.25) is 9.48 Å². The molecule has 4 saturated carbocycles. The summed E-state index contributed by atoms with van der Waals surface area (Å²) in [6.45, 7) is 7.33. The van der Waals surface area contributed by atoms with Crippen LogP contribution in [0.1, 0.15) is 78.6 Å². The molecule has 6 rings (SSSR count). The molecule has 33 heavy (non-hydrogen) atoms. The number of fused-ring (bicyclic) bond motifs is 6. The van der Waals surface area contributed by atoms with Crippen molar-refractivity contribution in [2.24, 2.45) is 40.4 Å². The van der Waals surface area contributed by atoms with Gasteiger partial charge < -0.3 is 5.11 Å². The Bertz CT molecular complexity index is 1050. The second kappa shape index (κ2) is 7.34. The van der Waals surface area contributed by atoms with Crippen LogP contribution in [0.25, 0.3) is 11.2 Å². The van der Waals surface area contributed by atoms with Gasteiger partial charge in [-0.15, -0.1) is 0 Å². The highest BCUT2D eigenvalue weighted by atomic mass is 16.3. The lowest BCUT2D eigenvalue weighted by Gasteiger charge is -2.61. The van der Waals surface area contributed by atoms with Gasteiger partial charge in [-0.2, -0.15) is 5.10 Å². The maximum Gasteiger partial charge on any atom is 0.199 e. The Morgan fingerprint density at radius 3 is 2.61 bits per heavy atom. The summed E-state index contributed by atoms with van der Waals surface area (Å²) in [5.41, 5.74) is 1.36. The third-order valence-electron chi connectivity index (χ3n) is 10.9. The summed E-state index contributed by atoms with van der Waals surface area (Å²) in [4.78, 5) is 22.1. The van der Waals surface area contributed by atoms with Gasteiger partial charge >= 0.3 is 0 Å². The number of ketones is 1. The zero-order valence-corrected chi connectivity index (χ0v) is 20.3. The highest BCUT2D eigenvalue weighted by Gasteiger charge is 2.61. The third-order valence-corrected chi connectivity index (χ3v) is 10.9. The second-order valence-corrected chi connectivity index (χ2v) is 12.6. The van der Waals surface area contributed by atoms with Gasteiger partial charge in [0.2, 0.25) is 0 Å². The Labute approximate surface area is 196 Å². The van der Waals surface area contributed by atoms with Crippen molar-refractivity contribution in [1.29, 1.82) is 0 Å². The van der Waals surface area contributed by atoms with Crippen LogP contribution >= 0.6 is 0 Å². The predicted molar refractivity (Wildman–Crippen MR) is 126 cm³/mol. The molecular formula is C27H38N4O2. The van der Waals surface area contributed by atoms with E-state index in [4.69, 9.17) is 0 Å². The van der Waals surface area contributed by atoms with Crippen LogP contribution < -0.4 is 0 Å². The van der Waals surface area contributed by atoms with Crippen molar-refractivity contribution in [1.82, 2.24) is 19.7 Å². The number of carbonyl (C=O) groups excluding carboxylic acids is 1. The number of hydrogen-bond donors (Lipinski definition) is 1. The van der Waals surface area contributed by atoms with Crippen LogP contribution in [0.3, 0.4) is 0 Å². The third kappa shape index (κ3) is 3.30.